The van der Waals surface area contributed by atoms with Crippen LogP contribution in [0.5, 0.6) is 0 Å². The minimum atomic E-state index is -0.328. The van der Waals surface area contributed by atoms with E-state index in [1.807, 2.05) is 20.8 Å². The Morgan fingerprint density at radius 2 is 1.79 bits per heavy atom. The van der Waals surface area contributed by atoms with Gasteiger partial charge in [0.05, 0.1) is 5.56 Å². The summed E-state index contributed by atoms with van der Waals surface area (Å²) in [5.41, 5.74) is 0.498. The van der Waals surface area contributed by atoms with Crippen molar-refractivity contribution in [1.82, 2.24) is 0 Å². The van der Waals surface area contributed by atoms with Gasteiger partial charge in [-0.3, -0.25) is 10.4 Å². The Balaban J connectivity index is 2.93. The Bertz CT molecular complexity index is 336. The highest BCUT2D eigenvalue weighted by atomic mass is 16.5. The van der Waals surface area contributed by atoms with E-state index in [1.54, 1.807) is 18.3 Å². The molecular formula is C10H16N2O2+2. The van der Waals surface area contributed by atoms with Crippen molar-refractivity contribution in [3.05, 3.63) is 30.1 Å². The molecule has 0 aliphatic carbocycles. The van der Waals surface area contributed by atoms with Crippen LogP contribution in [0.4, 0.5) is 0 Å². The number of hydrogen-bond donors (Lipinski definition) is 2. The van der Waals surface area contributed by atoms with Crippen LogP contribution in [0.1, 0.15) is 26.3 Å². The number of nitrogens with zero attached hydrogens (tertiary/aromatic N) is 2. The standard InChI is InChI=1S/C10H16N2O2/c1-10(2,3)12(14)8-9-4-6-11(13)7-5-9/h4-8,13-14H,1-3H3/q+2/b12-8+. The third-order valence-electron chi connectivity index (χ3n) is 1.80. The van der Waals surface area contributed by atoms with Crippen molar-refractivity contribution in [3.63, 3.8) is 0 Å². The van der Waals surface area contributed by atoms with Crippen molar-refractivity contribution in [3.8, 4) is 0 Å². The average molecular weight is 196 g/mol. The molecule has 0 bridgehead atoms. The Hall–Kier alpha value is -1.58. The second-order valence-electron chi connectivity index (χ2n) is 4.16. The molecule has 0 aliphatic heterocycles. The molecule has 14 heavy (non-hydrogen) atoms. The molecule has 1 aromatic heterocycles. The maximum absolute atomic E-state index is 9.62. The summed E-state index contributed by atoms with van der Waals surface area (Å²) in [6.45, 7) is 5.70. The van der Waals surface area contributed by atoms with Crippen LogP contribution in [-0.4, -0.2) is 26.9 Å². The molecule has 0 aliphatic rings. The van der Waals surface area contributed by atoms with Crippen LogP contribution in [0, 0.1) is 0 Å². The fraction of sp³-hybridized carbons (Fsp3) is 0.400. The molecule has 0 atom stereocenters. The Kier molecular flexibility index (Phi) is 2.74. The monoisotopic (exact) mass is 196 g/mol. The van der Waals surface area contributed by atoms with Gasteiger partial charge in [-0.25, -0.2) is 0 Å². The van der Waals surface area contributed by atoms with Gasteiger partial charge in [0.1, 0.15) is 0 Å². The lowest BCUT2D eigenvalue weighted by molar-refractivity contribution is -0.904. The Morgan fingerprint density at radius 1 is 1.29 bits per heavy atom. The SMILES string of the molecule is CC(C)(C)/[N+](O)=C\c1cc[n+](O)cc1. The van der Waals surface area contributed by atoms with E-state index in [1.165, 1.54) is 12.4 Å². The summed E-state index contributed by atoms with van der Waals surface area (Å²) in [5.74, 6) is 0. The lowest BCUT2D eigenvalue weighted by atomic mass is 10.1. The largest absolute Gasteiger partial charge is 0.290 e. The van der Waals surface area contributed by atoms with Crippen molar-refractivity contribution in [2.75, 3.05) is 0 Å². The van der Waals surface area contributed by atoms with Crippen LogP contribution in [0.15, 0.2) is 24.5 Å². The number of hydrogen-bond acceptors (Lipinski definition) is 2. The van der Waals surface area contributed by atoms with Gasteiger partial charge >= 0.3 is 0 Å². The summed E-state index contributed by atoms with van der Waals surface area (Å²) in [7, 11) is 0. The highest BCUT2D eigenvalue weighted by Gasteiger charge is 2.24. The summed E-state index contributed by atoms with van der Waals surface area (Å²) < 4.78 is 2.10. The normalized spacial score (nSPS) is 12.9. The molecule has 0 unspecified atom stereocenters. The van der Waals surface area contributed by atoms with Gasteiger partial charge in [0.2, 0.25) is 24.1 Å². The fourth-order valence-electron chi connectivity index (χ4n) is 0.851. The molecule has 2 N–H and O–H groups in total. The van der Waals surface area contributed by atoms with Gasteiger partial charge in [-0.15, -0.1) is 0 Å². The summed E-state index contributed by atoms with van der Waals surface area (Å²) >= 11 is 0. The van der Waals surface area contributed by atoms with E-state index < -0.39 is 0 Å². The number of aromatic nitrogens is 1. The molecule has 0 fully saturated rings. The first-order chi connectivity index (χ1) is 6.39. The van der Waals surface area contributed by atoms with Gasteiger partial charge in [-0.05, 0) is 4.74 Å². The van der Waals surface area contributed by atoms with Crippen molar-refractivity contribution < 1.29 is 19.9 Å². The summed E-state index contributed by atoms with van der Waals surface area (Å²) in [6.07, 6.45) is 4.62. The topological polar surface area (TPSA) is 47.4 Å². The summed E-state index contributed by atoms with van der Waals surface area (Å²) in [5, 5.41) is 18.6. The molecular weight excluding hydrogens is 180 g/mol. The molecule has 0 aromatic carbocycles. The minimum absolute atomic E-state index is 0.328. The van der Waals surface area contributed by atoms with E-state index in [4.69, 9.17) is 5.21 Å². The number of pyridine rings is 1. The summed E-state index contributed by atoms with van der Waals surface area (Å²) in [6, 6.07) is 3.41. The van der Waals surface area contributed by atoms with Gasteiger partial charge in [-0.1, -0.05) is 0 Å². The Morgan fingerprint density at radius 3 is 2.21 bits per heavy atom. The Labute approximate surface area is 83.3 Å². The van der Waals surface area contributed by atoms with Gasteiger partial charge in [0, 0.05) is 37.6 Å². The first kappa shape index (κ1) is 10.5. The highest BCUT2D eigenvalue weighted by Crippen LogP contribution is 2.04. The molecule has 0 saturated heterocycles. The zero-order valence-corrected chi connectivity index (χ0v) is 8.68. The molecule has 0 radical (unpaired) electrons. The fourth-order valence-corrected chi connectivity index (χ4v) is 0.851. The zero-order chi connectivity index (χ0) is 10.8. The maximum Gasteiger partial charge on any atom is 0.223 e. The van der Waals surface area contributed by atoms with E-state index in [9.17, 15) is 5.21 Å². The van der Waals surface area contributed by atoms with Crippen LogP contribution in [0.2, 0.25) is 0 Å². The second-order valence-corrected chi connectivity index (χ2v) is 4.16. The van der Waals surface area contributed by atoms with Crippen LogP contribution >= 0.6 is 0 Å². The van der Waals surface area contributed by atoms with Crippen LogP contribution < -0.4 is 4.73 Å². The highest BCUT2D eigenvalue weighted by molar-refractivity contribution is 5.74. The third-order valence-corrected chi connectivity index (χ3v) is 1.80. The van der Waals surface area contributed by atoms with Crippen LogP contribution in [-0.2, 0) is 0 Å². The van der Waals surface area contributed by atoms with Gasteiger partial charge in [-0.2, -0.15) is 0 Å². The van der Waals surface area contributed by atoms with Crippen molar-refractivity contribution in [2.24, 2.45) is 0 Å². The van der Waals surface area contributed by atoms with E-state index >= 15 is 0 Å². The smallest absolute Gasteiger partial charge is 0.223 e. The molecule has 0 saturated carbocycles. The summed E-state index contributed by atoms with van der Waals surface area (Å²) in [4.78, 5) is 0. The van der Waals surface area contributed by atoms with Gasteiger partial charge in [0.25, 0.3) is 0 Å². The van der Waals surface area contributed by atoms with Crippen molar-refractivity contribution in [2.45, 2.75) is 26.3 Å². The molecule has 0 spiro atoms. The lowest BCUT2D eigenvalue weighted by Crippen LogP contribution is -2.32. The predicted molar refractivity (Wildman–Crippen MR) is 50.8 cm³/mol. The van der Waals surface area contributed by atoms with E-state index in [-0.39, 0.29) is 5.54 Å². The van der Waals surface area contributed by atoms with Crippen LogP contribution in [0.3, 0.4) is 0 Å². The minimum Gasteiger partial charge on any atom is -0.290 e. The number of rotatable bonds is 1. The molecule has 4 heteroatoms. The van der Waals surface area contributed by atoms with Gasteiger partial charge in [0.15, 0.2) is 0 Å². The van der Waals surface area contributed by atoms with E-state index in [2.05, 4.69) is 0 Å². The second kappa shape index (κ2) is 3.65. The van der Waals surface area contributed by atoms with Gasteiger partial charge < -0.3 is 0 Å². The van der Waals surface area contributed by atoms with E-state index in [0.29, 0.717) is 0 Å². The number of hydroxylamine groups is 1. The molecule has 4 nitrogen and oxygen atoms in total. The van der Waals surface area contributed by atoms with Crippen LogP contribution in [0.25, 0.3) is 0 Å². The first-order valence-electron chi connectivity index (χ1n) is 4.43. The zero-order valence-electron chi connectivity index (χ0n) is 8.68. The third kappa shape index (κ3) is 2.73. The first-order valence-corrected chi connectivity index (χ1v) is 4.43. The average Bonchev–Trinajstić information content (AvgIpc) is 2.07. The molecule has 1 heterocycles. The molecule has 1 aromatic rings. The predicted octanol–water partition coefficient (Wildman–Crippen LogP) is 0.830. The van der Waals surface area contributed by atoms with Crippen molar-refractivity contribution >= 4 is 6.21 Å². The molecule has 76 valence electrons. The molecule has 0 amide bonds. The lowest BCUT2D eigenvalue weighted by Gasteiger charge is -2.08. The van der Waals surface area contributed by atoms with E-state index in [0.717, 1.165) is 15.0 Å². The maximum atomic E-state index is 9.62. The quantitative estimate of drug-likeness (QED) is 0.230. The molecule has 1 rings (SSSR count). The van der Waals surface area contributed by atoms with Crippen molar-refractivity contribution in [1.29, 1.82) is 0 Å².